The molecule has 0 spiro atoms. The van der Waals surface area contributed by atoms with Crippen LogP contribution in [0.25, 0.3) is 0 Å². The minimum atomic E-state index is -4.46. The Bertz CT molecular complexity index is 473. The lowest BCUT2D eigenvalue weighted by Gasteiger charge is -2.31. The summed E-state index contributed by atoms with van der Waals surface area (Å²) in [5, 5.41) is 8.96. The highest BCUT2D eigenvalue weighted by atomic mass is 19.4. The Morgan fingerprint density at radius 2 is 1.89 bits per heavy atom. The first-order valence-corrected chi connectivity index (χ1v) is 5.47. The fourth-order valence-corrected chi connectivity index (χ4v) is 1.99. The van der Waals surface area contributed by atoms with Gasteiger partial charge in [0.25, 0.3) is 0 Å². The molecule has 2 rings (SSSR count). The number of ether oxygens (including phenoxy) is 1. The van der Waals surface area contributed by atoms with Gasteiger partial charge in [0, 0.05) is 13.1 Å². The van der Waals surface area contributed by atoms with Crippen molar-refractivity contribution in [3.8, 4) is 6.07 Å². The SMILES string of the molecule is N#Cc1cccc(C(F)(F)F)c1N1CCOCC1. The molecule has 1 aliphatic heterocycles. The van der Waals surface area contributed by atoms with Gasteiger partial charge in [0.15, 0.2) is 0 Å². The maximum absolute atomic E-state index is 13.0. The predicted molar refractivity (Wildman–Crippen MR) is 59.2 cm³/mol. The van der Waals surface area contributed by atoms with E-state index in [1.807, 2.05) is 6.07 Å². The molecule has 0 atom stereocenters. The van der Waals surface area contributed by atoms with Gasteiger partial charge in [-0.2, -0.15) is 18.4 Å². The van der Waals surface area contributed by atoms with E-state index < -0.39 is 11.7 Å². The molecule has 96 valence electrons. The number of morpholine rings is 1. The van der Waals surface area contributed by atoms with Crippen molar-refractivity contribution in [2.45, 2.75) is 6.18 Å². The van der Waals surface area contributed by atoms with Crippen LogP contribution in [0.5, 0.6) is 0 Å². The number of rotatable bonds is 1. The van der Waals surface area contributed by atoms with E-state index in [9.17, 15) is 13.2 Å². The van der Waals surface area contributed by atoms with Gasteiger partial charge >= 0.3 is 6.18 Å². The third kappa shape index (κ3) is 2.41. The molecule has 0 aromatic heterocycles. The number of nitrogens with zero attached hydrogens (tertiary/aromatic N) is 2. The first-order valence-electron chi connectivity index (χ1n) is 5.47. The second kappa shape index (κ2) is 4.86. The van der Waals surface area contributed by atoms with Gasteiger partial charge in [0.1, 0.15) is 6.07 Å². The fourth-order valence-electron chi connectivity index (χ4n) is 1.99. The van der Waals surface area contributed by atoms with Crippen LogP contribution in [0.15, 0.2) is 18.2 Å². The topological polar surface area (TPSA) is 36.3 Å². The van der Waals surface area contributed by atoms with Gasteiger partial charge < -0.3 is 9.64 Å². The van der Waals surface area contributed by atoms with Gasteiger partial charge in [-0.25, -0.2) is 0 Å². The summed E-state index contributed by atoms with van der Waals surface area (Å²) < 4.78 is 44.0. The maximum atomic E-state index is 13.0. The molecular formula is C12H11F3N2O. The summed E-state index contributed by atoms with van der Waals surface area (Å²) in [5.41, 5.74) is -0.744. The van der Waals surface area contributed by atoms with E-state index in [1.54, 1.807) is 4.90 Å². The van der Waals surface area contributed by atoms with Crippen LogP contribution in [0.1, 0.15) is 11.1 Å². The highest BCUT2D eigenvalue weighted by Gasteiger charge is 2.36. The van der Waals surface area contributed by atoms with Crippen molar-refractivity contribution in [1.82, 2.24) is 0 Å². The van der Waals surface area contributed by atoms with Gasteiger partial charge in [0.2, 0.25) is 0 Å². The number of hydrogen-bond donors (Lipinski definition) is 0. The molecule has 1 heterocycles. The van der Waals surface area contributed by atoms with Crippen LogP contribution in [-0.2, 0) is 10.9 Å². The standard InChI is InChI=1S/C12H11F3N2O/c13-12(14,15)10-3-1-2-9(8-16)11(10)17-4-6-18-7-5-17/h1-3H,4-7H2. The highest BCUT2D eigenvalue weighted by Crippen LogP contribution is 2.38. The van der Waals surface area contributed by atoms with Gasteiger partial charge in [-0.15, -0.1) is 0 Å². The third-order valence-electron chi connectivity index (χ3n) is 2.79. The highest BCUT2D eigenvalue weighted by molar-refractivity contribution is 5.65. The van der Waals surface area contributed by atoms with E-state index in [2.05, 4.69) is 0 Å². The largest absolute Gasteiger partial charge is 0.418 e. The Hall–Kier alpha value is -1.74. The van der Waals surface area contributed by atoms with Crippen LogP contribution in [-0.4, -0.2) is 26.3 Å². The van der Waals surface area contributed by atoms with E-state index in [0.29, 0.717) is 26.3 Å². The second-order valence-corrected chi connectivity index (χ2v) is 3.91. The van der Waals surface area contributed by atoms with Gasteiger partial charge in [-0.1, -0.05) is 6.07 Å². The summed E-state index contributed by atoms with van der Waals surface area (Å²) in [6.45, 7) is 1.47. The Kier molecular flexibility index (Phi) is 3.43. The quantitative estimate of drug-likeness (QED) is 0.774. The Morgan fingerprint density at radius 1 is 1.22 bits per heavy atom. The lowest BCUT2D eigenvalue weighted by Crippen LogP contribution is -2.38. The van der Waals surface area contributed by atoms with Crippen LogP contribution in [0.3, 0.4) is 0 Å². The van der Waals surface area contributed by atoms with Crippen LogP contribution >= 0.6 is 0 Å². The fraction of sp³-hybridized carbons (Fsp3) is 0.417. The molecule has 0 N–H and O–H groups in total. The normalized spacial score (nSPS) is 16.4. The number of para-hydroxylation sites is 1. The number of hydrogen-bond acceptors (Lipinski definition) is 3. The first-order chi connectivity index (χ1) is 8.54. The van der Waals surface area contributed by atoms with E-state index in [0.717, 1.165) is 6.07 Å². The molecule has 6 heteroatoms. The zero-order chi connectivity index (χ0) is 13.2. The third-order valence-corrected chi connectivity index (χ3v) is 2.79. The summed E-state index contributed by atoms with van der Waals surface area (Å²) in [7, 11) is 0. The zero-order valence-electron chi connectivity index (χ0n) is 9.50. The molecule has 1 fully saturated rings. The Morgan fingerprint density at radius 3 is 2.44 bits per heavy atom. The molecule has 1 saturated heterocycles. The molecular weight excluding hydrogens is 245 g/mol. The predicted octanol–water partition coefficient (Wildman–Crippen LogP) is 2.41. The molecule has 0 amide bonds. The minimum Gasteiger partial charge on any atom is -0.378 e. The van der Waals surface area contributed by atoms with Crippen molar-refractivity contribution in [3.05, 3.63) is 29.3 Å². The van der Waals surface area contributed by atoms with Crippen LogP contribution in [0.2, 0.25) is 0 Å². The molecule has 18 heavy (non-hydrogen) atoms. The average molecular weight is 256 g/mol. The van der Waals surface area contributed by atoms with E-state index in [4.69, 9.17) is 10.00 Å². The molecule has 1 aromatic rings. The minimum absolute atomic E-state index is 0.0317. The molecule has 3 nitrogen and oxygen atoms in total. The summed E-state index contributed by atoms with van der Waals surface area (Å²) in [6.07, 6.45) is -4.46. The van der Waals surface area contributed by atoms with Crippen molar-refractivity contribution in [3.63, 3.8) is 0 Å². The monoisotopic (exact) mass is 256 g/mol. The van der Waals surface area contributed by atoms with E-state index >= 15 is 0 Å². The molecule has 0 aliphatic carbocycles. The van der Waals surface area contributed by atoms with Crippen molar-refractivity contribution >= 4 is 5.69 Å². The Labute approximate surface area is 102 Å². The van der Waals surface area contributed by atoms with Gasteiger partial charge in [0.05, 0.1) is 30.0 Å². The molecule has 0 bridgehead atoms. The molecule has 0 radical (unpaired) electrons. The van der Waals surface area contributed by atoms with Crippen molar-refractivity contribution < 1.29 is 17.9 Å². The van der Waals surface area contributed by atoms with Crippen molar-refractivity contribution in [2.75, 3.05) is 31.2 Å². The van der Waals surface area contributed by atoms with Gasteiger partial charge in [-0.05, 0) is 12.1 Å². The summed E-state index contributed by atoms with van der Waals surface area (Å²) in [4.78, 5) is 1.56. The Balaban J connectivity index is 2.51. The molecule has 0 saturated carbocycles. The number of alkyl halides is 3. The number of nitriles is 1. The van der Waals surface area contributed by atoms with Crippen molar-refractivity contribution in [2.24, 2.45) is 0 Å². The molecule has 0 unspecified atom stereocenters. The zero-order valence-corrected chi connectivity index (χ0v) is 9.50. The number of benzene rings is 1. The maximum Gasteiger partial charge on any atom is 0.418 e. The lowest BCUT2D eigenvalue weighted by atomic mass is 10.1. The van der Waals surface area contributed by atoms with Crippen molar-refractivity contribution in [1.29, 1.82) is 5.26 Å². The first kappa shape index (κ1) is 12.7. The summed E-state index contributed by atoms with van der Waals surface area (Å²) >= 11 is 0. The van der Waals surface area contributed by atoms with E-state index in [-0.39, 0.29) is 11.3 Å². The van der Waals surface area contributed by atoms with Crippen LogP contribution in [0.4, 0.5) is 18.9 Å². The van der Waals surface area contributed by atoms with Crippen LogP contribution < -0.4 is 4.90 Å². The van der Waals surface area contributed by atoms with Crippen LogP contribution in [0, 0.1) is 11.3 Å². The lowest BCUT2D eigenvalue weighted by molar-refractivity contribution is -0.137. The van der Waals surface area contributed by atoms with E-state index in [1.165, 1.54) is 12.1 Å². The molecule has 1 aliphatic rings. The molecule has 1 aromatic carbocycles. The number of anilines is 1. The second-order valence-electron chi connectivity index (χ2n) is 3.91. The summed E-state index contributed by atoms with van der Waals surface area (Å²) in [6, 6.07) is 5.49. The smallest absolute Gasteiger partial charge is 0.378 e. The average Bonchev–Trinajstić information content (AvgIpc) is 2.38. The summed E-state index contributed by atoms with van der Waals surface area (Å²) in [5.74, 6) is 0. The van der Waals surface area contributed by atoms with Gasteiger partial charge in [-0.3, -0.25) is 0 Å². The number of halogens is 3.